The Bertz CT molecular complexity index is 94.9. The summed E-state index contributed by atoms with van der Waals surface area (Å²) in [5.74, 6) is 0. The average Bonchev–Trinajstić information content (AvgIpc) is 2.26. The maximum atomic E-state index is 2.30. The molecule has 0 saturated carbocycles. The fraction of sp³-hybridized carbons (Fsp3) is 1.00. The van der Waals surface area contributed by atoms with E-state index in [1.54, 1.807) is 21.2 Å². The van der Waals surface area contributed by atoms with Crippen LogP contribution in [-0.2, 0) is 0 Å². The van der Waals surface area contributed by atoms with Crippen LogP contribution in [0.3, 0.4) is 0 Å². The zero-order valence-corrected chi connectivity index (χ0v) is 14.4. The molecule has 0 fully saturated rings. The van der Waals surface area contributed by atoms with Gasteiger partial charge in [0, 0.05) is 0 Å². The Kier molecular flexibility index (Phi) is 15.7. The summed E-state index contributed by atoms with van der Waals surface area (Å²) < 4.78 is 3.35. The summed E-state index contributed by atoms with van der Waals surface area (Å²) in [5.41, 5.74) is 0. The molecule has 0 aromatic heterocycles. The molecule has 0 nitrogen and oxygen atoms in total. The molecule has 1 heteroatoms. The van der Waals surface area contributed by atoms with Gasteiger partial charge < -0.3 is 1.43 Å². The molecule has 0 aliphatic carbocycles. The van der Waals surface area contributed by atoms with E-state index < -0.39 is 0 Å². The van der Waals surface area contributed by atoms with Gasteiger partial charge in [0.05, 0.1) is 0 Å². The SMILES string of the molecule is CCCCCC[CH2][In][CH2]CCCCCC.[H-]. The van der Waals surface area contributed by atoms with Crippen LogP contribution in [0.5, 0.6) is 0 Å². The van der Waals surface area contributed by atoms with Crippen LogP contribution in [0.4, 0.5) is 0 Å². The molecule has 0 aliphatic heterocycles. The Labute approximate surface area is 110 Å². The van der Waals surface area contributed by atoms with Gasteiger partial charge in [-0.05, 0) is 0 Å². The molecular formula is C14H31In-. The summed E-state index contributed by atoms with van der Waals surface area (Å²) >= 11 is -0.0773. The van der Waals surface area contributed by atoms with Crippen molar-refractivity contribution in [3.63, 3.8) is 0 Å². The average molecular weight is 314 g/mol. The molecule has 0 aliphatic rings. The van der Waals surface area contributed by atoms with Gasteiger partial charge in [-0.1, -0.05) is 0 Å². The molecular weight excluding hydrogens is 283 g/mol. The molecule has 91 valence electrons. The molecule has 0 rings (SSSR count). The fourth-order valence-electron chi connectivity index (χ4n) is 1.93. The summed E-state index contributed by atoms with van der Waals surface area (Å²) in [7, 11) is 0. The van der Waals surface area contributed by atoms with Crippen LogP contribution in [0, 0.1) is 0 Å². The van der Waals surface area contributed by atoms with Gasteiger partial charge in [0.2, 0.25) is 0 Å². The molecule has 0 heterocycles. The van der Waals surface area contributed by atoms with E-state index in [1.807, 2.05) is 0 Å². The molecule has 15 heavy (non-hydrogen) atoms. The smallest absolute Gasteiger partial charge is 1.00 e. The van der Waals surface area contributed by atoms with Crippen LogP contribution in [0.2, 0.25) is 8.35 Å². The molecule has 1 radical (unpaired) electrons. The Balaban J connectivity index is 0. The first-order valence-corrected chi connectivity index (χ1v) is 11.9. The summed E-state index contributed by atoms with van der Waals surface area (Å²) in [5, 5.41) is 0. The zero-order chi connectivity index (χ0) is 11.2. The van der Waals surface area contributed by atoms with Gasteiger partial charge in [-0.25, -0.2) is 0 Å². The first kappa shape index (κ1) is 15.9. The van der Waals surface area contributed by atoms with Crippen LogP contribution in [0.15, 0.2) is 0 Å². The zero-order valence-electron chi connectivity index (χ0n) is 12.1. The van der Waals surface area contributed by atoms with Crippen molar-refractivity contribution >= 4 is 22.9 Å². The maximum Gasteiger partial charge on any atom is -1.00 e. The van der Waals surface area contributed by atoms with Gasteiger partial charge in [0.25, 0.3) is 0 Å². The Morgan fingerprint density at radius 2 is 1.00 bits per heavy atom. The molecule has 0 N–H and O–H groups in total. The summed E-state index contributed by atoms with van der Waals surface area (Å²) in [6.45, 7) is 4.60. The third kappa shape index (κ3) is 14.9. The van der Waals surface area contributed by atoms with E-state index in [9.17, 15) is 0 Å². The third-order valence-corrected chi connectivity index (χ3v) is 7.68. The third-order valence-electron chi connectivity index (χ3n) is 3.02. The molecule has 0 bridgehead atoms. The van der Waals surface area contributed by atoms with Crippen molar-refractivity contribution in [3.05, 3.63) is 0 Å². The molecule has 0 unspecified atom stereocenters. The van der Waals surface area contributed by atoms with Gasteiger partial charge in [-0.15, -0.1) is 0 Å². The maximum absolute atomic E-state index is 2.30. The Hall–Kier alpha value is 0.870. The van der Waals surface area contributed by atoms with E-state index >= 15 is 0 Å². The number of hydrogen-bond donors (Lipinski definition) is 0. The van der Waals surface area contributed by atoms with Crippen molar-refractivity contribution in [1.29, 1.82) is 0 Å². The van der Waals surface area contributed by atoms with Gasteiger partial charge in [0.1, 0.15) is 0 Å². The van der Waals surface area contributed by atoms with E-state index in [2.05, 4.69) is 13.8 Å². The molecule has 0 atom stereocenters. The minimum atomic E-state index is -0.0773. The van der Waals surface area contributed by atoms with Crippen molar-refractivity contribution in [3.8, 4) is 0 Å². The minimum absolute atomic E-state index is 0. The molecule has 0 aromatic carbocycles. The first-order chi connectivity index (χ1) is 7.41. The second kappa shape index (κ2) is 14.9. The summed E-state index contributed by atoms with van der Waals surface area (Å²) in [4.78, 5) is 0. The van der Waals surface area contributed by atoms with Crippen molar-refractivity contribution < 1.29 is 1.43 Å². The van der Waals surface area contributed by atoms with E-state index in [-0.39, 0.29) is 24.3 Å². The van der Waals surface area contributed by atoms with E-state index in [0.29, 0.717) is 0 Å². The quantitative estimate of drug-likeness (QED) is 0.412. The standard InChI is InChI=1S/2C7H15.In.H/c2*1-3-5-7-6-4-2;;/h2*1,3-7H2,2H3;;/q;;;-1. The van der Waals surface area contributed by atoms with E-state index in [4.69, 9.17) is 0 Å². The largest absolute Gasteiger partial charge is 1.00 e. The first-order valence-electron chi connectivity index (χ1n) is 7.23. The Morgan fingerprint density at radius 3 is 1.40 bits per heavy atom. The number of rotatable bonds is 12. The van der Waals surface area contributed by atoms with E-state index in [0.717, 1.165) is 0 Å². The van der Waals surface area contributed by atoms with Crippen LogP contribution < -0.4 is 0 Å². The van der Waals surface area contributed by atoms with Crippen LogP contribution in [-0.4, -0.2) is 22.9 Å². The van der Waals surface area contributed by atoms with Gasteiger partial charge >= 0.3 is 109 Å². The van der Waals surface area contributed by atoms with Crippen molar-refractivity contribution in [1.82, 2.24) is 0 Å². The van der Waals surface area contributed by atoms with Crippen molar-refractivity contribution in [2.24, 2.45) is 0 Å². The normalized spacial score (nSPS) is 10.5. The molecule has 0 spiro atoms. The van der Waals surface area contributed by atoms with E-state index in [1.165, 1.54) is 51.4 Å². The number of hydrogen-bond acceptors (Lipinski definition) is 0. The minimum Gasteiger partial charge on any atom is -1.00 e. The monoisotopic (exact) mass is 314 g/mol. The summed E-state index contributed by atoms with van der Waals surface area (Å²) in [6, 6.07) is 0. The molecule has 0 saturated heterocycles. The van der Waals surface area contributed by atoms with Gasteiger partial charge in [0.15, 0.2) is 0 Å². The van der Waals surface area contributed by atoms with Crippen molar-refractivity contribution in [2.45, 2.75) is 86.4 Å². The van der Waals surface area contributed by atoms with Crippen LogP contribution in [0.1, 0.15) is 79.5 Å². The van der Waals surface area contributed by atoms with Crippen LogP contribution >= 0.6 is 0 Å². The predicted octanol–water partition coefficient (Wildman–Crippen LogP) is 5.58. The second-order valence-corrected chi connectivity index (χ2v) is 9.64. The molecule has 0 amide bonds. The topological polar surface area (TPSA) is 0 Å². The Morgan fingerprint density at radius 1 is 0.600 bits per heavy atom. The van der Waals surface area contributed by atoms with Gasteiger partial charge in [-0.2, -0.15) is 0 Å². The number of unbranched alkanes of at least 4 members (excludes halogenated alkanes) is 8. The predicted molar refractivity (Wildman–Crippen MR) is 74.0 cm³/mol. The molecule has 0 aromatic rings. The fourth-order valence-corrected chi connectivity index (χ4v) is 6.05. The summed E-state index contributed by atoms with van der Waals surface area (Å²) in [6.07, 6.45) is 14.9. The van der Waals surface area contributed by atoms with Crippen molar-refractivity contribution in [2.75, 3.05) is 0 Å². The van der Waals surface area contributed by atoms with Gasteiger partial charge in [-0.3, -0.25) is 0 Å². The van der Waals surface area contributed by atoms with Crippen LogP contribution in [0.25, 0.3) is 0 Å². The second-order valence-electron chi connectivity index (χ2n) is 4.69.